The third kappa shape index (κ3) is 5.45. The lowest BCUT2D eigenvalue weighted by atomic mass is 10.2. The Morgan fingerprint density at radius 1 is 1.10 bits per heavy atom. The number of sulfonamides is 2. The summed E-state index contributed by atoms with van der Waals surface area (Å²) < 4.78 is 49.9. The molecule has 0 radical (unpaired) electrons. The van der Waals surface area contributed by atoms with E-state index in [0.717, 1.165) is 4.31 Å². The minimum Gasteiger partial charge on any atom is -0.399 e. The molecular formula is C11H19N3O4S2. The molecule has 114 valence electrons. The molecule has 1 rings (SSSR count). The van der Waals surface area contributed by atoms with Gasteiger partial charge in [0.2, 0.25) is 20.0 Å². The highest BCUT2D eigenvalue weighted by atomic mass is 32.2. The van der Waals surface area contributed by atoms with E-state index >= 15 is 0 Å². The Bertz CT molecular complexity index is 637. The van der Waals surface area contributed by atoms with Crippen LogP contribution < -0.4 is 10.5 Å². The van der Waals surface area contributed by atoms with Gasteiger partial charge in [-0.2, -0.15) is 0 Å². The number of anilines is 1. The second kappa shape index (κ2) is 6.53. The van der Waals surface area contributed by atoms with Crippen LogP contribution >= 0.6 is 0 Å². The van der Waals surface area contributed by atoms with Gasteiger partial charge in [0.1, 0.15) is 0 Å². The van der Waals surface area contributed by atoms with Crippen molar-refractivity contribution in [1.29, 1.82) is 0 Å². The maximum absolute atomic E-state index is 11.8. The van der Waals surface area contributed by atoms with Gasteiger partial charge in [-0.3, -0.25) is 0 Å². The summed E-state index contributed by atoms with van der Waals surface area (Å²) in [6.45, 7) is -0.155. The first kappa shape index (κ1) is 16.9. The third-order valence-electron chi connectivity index (χ3n) is 2.57. The molecule has 0 atom stereocenters. The number of nitrogens with one attached hydrogen (secondary N) is 1. The van der Waals surface area contributed by atoms with E-state index in [0.29, 0.717) is 11.3 Å². The lowest BCUT2D eigenvalue weighted by Crippen LogP contribution is -2.34. The van der Waals surface area contributed by atoms with Gasteiger partial charge in [0.25, 0.3) is 0 Å². The van der Waals surface area contributed by atoms with Crippen LogP contribution in [-0.2, 0) is 25.8 Å². The average Bonchev–Trinajstić information content (AvgIpc) is 2.31. The highest BCUT2D eigenvalue weighted by Crippen LogP contribution is 2.08. The van der Waals surface area contributed by atoms with Crippen molar-refractivity contribution in [2.24, 2.45) is 0 Å². The maximum atomic E-state index is 11.8. The summed E-state index contributed by atoms with van der Waals surface area (Å²) in [5.74, 6) is -0.490. The van der Waals surface area contributed by atoms with Crippen LogP contribution in [-0.4, -0.2) is 47.5 Å². The van der Waals surface area contributed by atoms with E-state index in [1.54, 1.807) is 24.3 Å². The van der Waals surface area contributed by atoms with Gasteiger partial charge < -0.3 is 5.73 Å². The normalized spacial score (nSPS) is 12.8. The predicted octanol–water partition coefficient (Wildman–Crippen LogP) is -0.420. The van der Waals surface area contributed by atoms with Gasteiger partial charge in [0.05, 0.1) is 11.5 Å². The van der Waals surface area contributed by atoms with E-state index in [2.05, 4.69) is 4.72 Å². The lowest BCUT2D eigenvalue weighted by molar-refractivity contribution is 0.519. The Morgan fingerprint density at radius 3 is 2.15 bits per heavy atom. The van der Waals surface area contributed by atoms with Crippen molar-refractivity contribution in [2.75, 3.05) is 32.1 Å². The minimum absolute atomic E-state index is 0.155. The molecule has 7 nitrogen and oxygen atoms in total. The number of rotatable bonds is 7. The van der Waals surface area contributed by atoms with Crippen molar-refractivity contribution in [1.82, 2.24) is 9.03 Å². The molecule has 0 aliphatic heterocycles. The number of nitrogens with zero attached hydrogens (tertiary/aromatic N) is 1. The van der Waals surface area contributed by atoms with Gasteiger partial charge in [0.15, 0.2) is 0 Å². The molecule has 0 aromatic heterocycles. The zero-order chi connectivity index (χ0) is 15.4. The smallest absolute Gasteiger partial charge is 0.215 e. The van der Waals surface area contributed by atoms with E-state index < -0.39 is 20.0 Å². The zero-order valence-corrected chi connectivity index (χ0v) is 13.0. The van der Waals surface area contributed by atoms with E-state index in [1.807, 2.05) is 0 Å². The molecule has 3 N–H and O–H groups in total. The first-order valence-electron chi connectivity index (χ1n) is 5.84. The Hall–Kier alpha value is -1.16. The standard InChI is InChI=1S/C11H19N3O4S2/c1-14(2)20(17,18)8-7-13-19(15,16)9-10-3-5-11(12)6-4-10/h3-6,13H,7-9,12H2,1-2H3. The van der Waals surface area contributed by atoms with Crippen molar-refractivity contribution < 1.29 is 16.8 Å². The Morgan fingerprint density at radius 2 is 1.65 bits per heavy atom. The van der Waals surface area contributed by atoms with Crippen LogP contribution in [0.15, 0.2) is 24.3 Å². The molecule has 0 bridgehead atoms. The molecule has 1 aromatic carbocycles. The highest BCUT2D eigenvalue weighted by molar-refractivity contribution is 7.89. The zero-order valence-electron chi connectivity index (χ0n) is 11.4. The van der Waals surface area contributed by atoms with Crippen LogP contribution in [0.4, 0.5) is 5.69 Å². The van der Waals surface area contributed by atoms with Gasteiger partial charge >= 0.3 is 0 Å². The molecule has 20 heavy (non-hydrogen) atoms. The molecular weight excluding hydrogens is 302 g/mol. The van der Waals surface area contributed by atoms with Crippen LogP contribution in [0.5, 0.6) is 0 Å². The van der Waals surface area contributed by atoms with Crippen LogP contribution in [0.3, 0.4) is 0 Å². The van der Waals surface area contributed by atoms with Gasteiger partial charge in [-0.05, 0) is 17.7 Å². The Labute approximate surface area is 119 Å². The van der Waals surface area contributed by atoms with Crippen LogP contribution in [0.1, 0.15) is 5.56 Å². The molecule has 0 unspecified atom stereocenters. The summed E-state index contributed by atoms with van der Waals surface area (Å²) in [4.78, 5) is 0. The fourth-order valence-electron chi connectivity index (χ4n) is 1.39. The Balaban J connectivity index is 2.57. The van der Waals surface area contributed by atoms with Crippen LogP contribution in [0.2, 0.25) is 0 Å². The summed E-state index contributed by atoms with van der Waals surface area (Å²) in [5.41, 5.74) is 6.65. The molecule has 0 fully saturated rings. The van der Waals surface area contributed by atoms with Crippen molar-refractivity contribution >= 4 is 25.7 Å². The van der Waals surface area contributed by atoms with Gasteiger partial charge in [-0.15, -0.1) is 0 Å². The van der Waals surface area contributed by atoms with Crippen molar-refractivity contribution in [3.8, 4) is 0 Å². The van der Waals surface area contributed by atoms with Crippen LogP contribution in [0, 0.1) is 0 Å². The largest absolute Gasteiger partial charge is 0.399 e. The number of nitrogens with two attached hydrogens (primary N) is 1. The number of hydrogen-bond donors (Lipinski definition) is 2. The fourth-order valence-corrected chi connectivity index (χ4v) is 3.39. The summed E-state index contributed by atoms with van der Waals surface area (Å²) in [6.07, 6.45) is 0. The molecule has 1 aromatic rings. The molecule has 0 aliphatic carbocycles. The van der Waals surface area contributed by atoms with Gasteiger partial charge in [-0.1, -0.05) is 12.1 Å². The molecule has 0 saturated heterocycles. The van der Waals surface area contributed by atoms with Crippen molar-refractivity contribution in [3.05, 3.63) is 29.8 Å². The second-order valence-electron chi connectivity index (χ2n) is 4.49. The number of hydrogen-bond acceptors (Lipinski definition) is 5. The van der Waals surface area contributed by atoms with E-state index in [-0.39, 0.29) is 18.1 Å². The molecule has 0 spiro atoms. The second-order valence-corrected chi connectivity index (χ2v) is 8.60. The third-order valence-corrected chi connectivity index (χ3v) is 5.76. The Kier molecular flexibility index (Phi) is 5.51. The van der Waals surface area contributed by atoms with Gasteiger partial charge in [-0.25, -0.2) is 25.9 Å². The van der Waals surface area contributed by atoms with Gasteiger partial charge in [0, 0.05) is 26.3 Å². The van der Waals surface area contributed by atoms with Crippen molar-refractivity contribution in [2.45, 2.75) is 5.75 Å². The van der Waals surface area contributed by atoms with E-state index in [9.17, 15) is 16.8 Å². The fraction of sp³-hybridized carbons (Fsp3) is 0.455. The quantitative estimate of drug-likeness (QED) is 0.663. The van der Waals surface area contributed by atoms with E-state index in [1.165, 1.54) is 14.1 Å². The first-order valence-corrected chi connectivity index (χ1v) is 9.10. The summed E-state index contributed by atoms with van der Waals surface area (Å²) >= 11 is 0. The minimum atomic E-state index is -3.57. The topological polar surface area (TPSA) is 110 Å². The van der Waals surface area contributed by atoms with Crippen LogP contribution in [0.25, 0.3) is 0 Å². The number of nitrogen functional groups attached to an aromatic ring is 1. The monoisotopic (exact) mass is 321 g/mol. The number of benzene rings is 1. The summed E-state index contributed by atoms with van der Waals surface area (Å²) in [6, 6.07) is 6.46. The lowest BCUT2D eigenvalue weighted by Gasteiger charge is -2.12. The maximum Gasteiger partial charge on any atom is 0.215 e. The summed E-state index contributed by atoms with van der Waals surface area (Å²) in [5, 5.41) is 0. The average molecular weight is 321 g/mol. The molecule has 0 aliphatic rings. The predicted molar refractivity (Wildman–Crippen MR) is 79.0 cm³/mol. The molecule has 0 amide bonds. The SMILES string of the molecule is CN(C)S(=O)(=O)CCNS(=O)(=O)Cc1ccc(N)cc1. The summed E-state index contributed by atoms with van der Waals surface area (Å²) in [7, 11) is -4.18. The molecule has 9 heteroatoms. The molecule has 0 saturated carbocycles. The van der Waals surface area contributed by atoms with E-state index in [4.69, 9.17) is 5.73 Å². The first-order chi connectivity index (χ1) is 9.12. The van der Waals surface area contributed by atoms with Crippen molar-refractivity contribution in [3.63, 3.8) is 0 Å². The molecule has 0 heterocycles. The highest BCUT2D eigenvalue weighted by Gasteiger charge is 2.16.